The second kappa shape index (κ2) is 8.44. The summed E-state index contributed by atoms with van der Waals surface area (Å²) in [6, 6.07) is 6.06. The first-order valence-electron chi connectivity index (χ1n) is 8.45. The monoisotopic (exact) mass is 367 g/mol. The van der Waals surface area contributed by atoms with Crippen molar-refractivity contribution in [3.63, 3.8) is 0 Å². The summed E-state index contributed by atoms with van der Waals surface area (Å²) in [6.45, 7) is 4.08. The molecule has 138 valence electrons. The van der Waals surface area contributed by atoms with E-state index in [1.54, 1.807) is 29.0 Å². The quantitative estimate of drug-likeness (QED) is 0.674. The SMILES string of the molecule is CCCCN(C)C(=O)c1ccc(S(=O)(=O)N2CCN(C=O)CC2)cc1. The molecule has 7 nitrogen and oxygen atoms in total. The second-order valence-corrected chi connectivity index (χ2v) is 8.09. The van der Waals surface area contributed by atoms with Gasteiger partial charge in [-0.2, -0.15) is 4.31 Å². The fourth-order valence-corrected chi connectivity index (χ4v) is 4.11. The van der Waals surface area contributed by atoms with Gasteiger partial charge in [-0.15, -0.1) is 0 Å². The molecule has 0 saturated carbocycles. The fourth-order valence-electron chi connectivity index (χ4n) is 2.69. The second-order valence-electron chi connectivity index (χ2n) is 6.15. The van der Waals surface area contributed by atoms with Crippen LogP contribution in [0.15, 0.2) is 29.2 Å². The van der Waals surface area contributed by atoms with Crippen molar-refractivity contribution < 1.29 is 18.0 Å². The average Bonchev–Trinajstić information content (AvgIpc) is 2.65. The van der Waals surface area contributed by atoms with E-state index < -0.39 is 10.0 Å². The van der Waals surface area contributed by atoms with Crippen LogP contribution >= 0.6 is 0 Å². The lowest BCUT2D eigenvalue weighted by molar-refractivity contribution is -0.119. The Bertz CT molecular complexity index is 695. The van der Waals surface area contributed by atoms with E-state index in [1.807, 2.05) is 0 Å². The zero-order valence-electron chi connectivity index (χ0n) is 14.7. The summed E-state index contributed by atoms with van der Waals surface area (Å²) in [6.07, 6.45) is 2.67. The maximum Gasteiger partial charge on any atom is 0.253 e. The average molecular weight is 367 g/mol. The van der Waals surface area contributed by atoms with Crippen LogP contribution < -0.4 is 0 Å². The van der Waals surface area contributed by atoms with Crippen molar-refractivity contribution in [3.8, 4) is 0 Å². The van der Waals surface area contributed by atoms with Crippen LogP contribution in [0, 0.1) is 0 Å². The molecule has 0 unspecified atom stereocenters. The number of hydrogen-bond acceptors (Lipinski definition) is 4. The van der Waals surface area contributed by atoms with Crippen molar-refractivity contribution in [2.75, 3.05) is 39.8 Å². The maximum atomic E-state index is 12.7. The lowest BCUT2D eigenvalue weighted by atomic mass is 10.2. The first-order valence-corrected chi connectivity index (χ1v) is 9.89. The smallest absolute Gasteiger partial charge is 0.253 e. The van der Waals surface area contributed by atoms with E-state index in [0.29, 0.717) is 25.2 Å². The van der Waals surface area contributed by atoms with Crippen LogP contribution in [-0.2, 0) is 14.8 Å². The lowest BCUT2D eigenvalue weighted by Crippen LogP contribution is -2.47. The van der Waals surface area contributed by atoms with E-state index in [4.69, 9.17) is 0 Å². The van der Waals surface area contributed by atoms with E-state index in [9.17, 15) is 18.0 Å². The van der Waals surface area contributed by atoms with Crippen LogP contribution in [0.1, 0.15) is 30.1 Å². The molecule has 1 aliphatic heterocycles. The molecule has 2 amide bonds. The Balaban J connectivity index is 2.08. The zero-order chi connectivity index (χ0) is 18.4. The van der Waals surface area contributed by atoms with Gasteiger partial charge in [0.1, 0.15) is 0 Å². The van der Waals surface area contributed by atoms with Gasteiger partial charge in [0, 0.05) is 45.3 Å². The predicted molar refractivity (Wildman–Crippen MR) is 94.7 cm³/mol. The summed E-state index contributed by atoms with van der Waals surface area (Å²) < 4.78 is 26.7. The van der Waals surface area contributed by atoms with Crippen LogP contribution in [0.25, 0.3) is 0 Å². The molecule has 2 rings (SSSR count). The van der Waals surface area contributed by atoms with Crippen LogP contribution in [-0.4, -0.2) is 74.6 Å². The maximum absolute atomic E-state index is 12.7. The minimum atomic E-state index is -3.60. The third kappa shape index (κ3) is 4.58. The Morgan fingerprint density at radius 3 is 2.28 bits per heavy atom. The van der Waals surface area contributed by atoms with Gasteiger partial charge < -0.3 is 9.80 Å². The number of sulfonamides is 1. The molecule has 25 heavy (non-hydrogen) atoms. The minimum absolute atomic E-state index is 0.114. The van der Waals surface area contributed by atoms with Crippen molar-refractivity contribution in [3.05, 3.63) is 29.8 Å². The minimum Gasteiger partial charge on any atom is -0.343 e. The molecule has 1 heterocycles. The van der Waals surface area contributed by atoms with Gasteiger partial charge in [0.05, 0.1) is 4.90 Å². The highest BCUT2D eigenvalue weighted by Crippen LogP contribution is 2.18. The van der Waals surface area contributed by atoms with Gasteiger partial charge in [-0.3, -0.25) is 9.59 Å². The Kier molecular flexibility index (Phi) is 6.55. The molecule has 8 heteroatoms. The number of amides is 2. The first-order chi connectivity index (χ1) is 11.9. The molecule has 0 aliphatic carbocycles. The van der Waals surface area contributed by atoms with Crippen LogP contribution in [0.4, 0.5) is 0 Å². The standard InChI is InChI=1S/C17H25N3O4S/c1-3-4-9-18(2)17(22)15-5-7-16(8-6-15)25(23,24)20-12-10-19(14-21)11-13-20/h5-8,14H,3-4,9-13H2,1-2H3. The third-order valence-electron chi connectivity index (χ3n) is 4.36. The van der Waals surface area contributed by atoms with Crippen molar-refractivity contribution >= 4 is 22.3 Å². The molecule has 1 fully saturated rings. The molecule has 1 saturated heterocycles. The molecule has 0 aromatic heterocycles. The van der Waals surface area contributed by atoms with Gasteiger partial charge in [-0.05, 0) is 30.7 Å². The number of carbonyl (C=O) groups is 2. The van der Waals surface area contributed by atoms with Gasteiger partial charge >= 0.3 is 0 Å². The number of rotatable bonds is 7. The van der Waals surface area contributed by atoms with Crippen LogP contribution in [0.5, 0.6) is 0 Å². The van der Waals surface area contributed by atoms with Gasteiger partial charge in [-0.1, -0.05) is 13.3 Å². The molecule has 0 bridgehead atoms. The number of carbonyl (C=O) groups excluding carboxylic acids is 2. The van der Waals surface area contributed by atoms with Gasteiger partial charge in [0.2, 0.25) is 16.4 Å². The zero-order valence-corrected chi connectivity index (χ0v) is 15.5. The van der Waals surface area contributed by atoms with Gasteiger partial charge in [-0.25, -0.2) is 8.42 Å². The first kappa shape index (κ1) is 19.4. The third-order valence-corrected chi connectivity index (χ3v) is 6.27. The predicted octanol–water partition coefficient (Wildman–Crippen LogP) is 1.02. The van der Waals surface area contributed by atoms with Crippen molar-refractivity contribution in [1.82, 2.24) is 14.1 Å². The largest absolute Gasteiger partial charge is 0.343 e. The summed E-state index contributed by atoms with van der Waals surface area (Å²) in [5, 5.41) is 0. The number of benzene rings is 1. The number of piperazine rings is 1. The van der Waals surface area contributed by atoms with Crippen molar-refractivity contribution in [2.45, 2.75) is 24.7 Å². The highest BCUT2D eigenvalue weighted by atomic mass is 32.2. The number of hydrogen-bond donors (Lipinski definition) is 0. The number of nitrogens with zero attached hydrogens (tertiary/aromatic N) is 3. The topological polar surface area (TPSA) is 78.0 Å². The van der Waals surface area contributed by atoms with E-state index >= 15 is 0 Å². The molecule has 0 radical (unpaired) electrons. The molecular weight excluding hydrogens is 342 g/mol. The van der Waals surface area contributed by atoms with E-state index in [-0.39, 0.29) is 23.9 Å². The van der Waals surface area contributed by atoms with E-state index in [2.05, 4.69) is 6.92 Å². The molecule has 0 N–H and O–H groups in total. The molecule has 1 aromatic rings. The highest BCUT2D eigenvalue weighted by molar-refractivity contribution is 7.89. The fraction of sp³-hybridized carbons (Fsp3) is 0.529. The molecule has 1 aliphatic rings. The summed E-state index contributed by atoms with van der Waals surface area (Å²) in [4.78, 5) is 26.4. The molecule has 0 spiro atoms. The summed E-state index contributed by atoms with van der Waals surface area (Å²) >= 11 is 0. The van der Waals surface area contributed by atoms with Gasteiger partial charge in [0.25, 0.3) is 5.91 Å². The van der Waals surface area contributed by atoms with Crippen molar-refractivity contribution in [1.29, 1.82) is 0 Å². The Morgan fingerprint density at radius 2 is 1.76 bits per heavy atom. The van der Waals surface area contributed by atoms with Gasteiger partial charge in [0.15, 0.2) is 0 Å². The lowest BCUT2D eigenvalue weighted by Gasteiger charge is -2.31. The summed E-state index contributed by atoms with van der Waals surface area (Å²) in [5.41, 5.74) is 0.475. The normalized spacial score (nSPS) is 15.8. The Labute approximate surface area is 149 Å². The molecule has 0 atom stereocenters. The van der Waals surface area contributed by atoms with Crippen molar-refractivity contribution in [2.24, 2.45) is 0 Å². The summed E-state index contributed by atoms with van der Waals surface area (Å²) in [7, 11) is -1.86. The number of unbranched alkanes of at least 4 members (excludes halogenated alkanes) is 1. The molecular formula is C17H25N3O4S. The Morgan fingerprint density at radius 1 is 1.16 bits per heavy atom. The molecule has 1 aromatic carbocycles. The van der Waals surface area contributed by atoms with Crippen LogP contribution in [0.3, 0.4) is 0 Å². The summed E-state index contributed by atoms with van der Waals surface area (Å²) in [5.74, 6) is -0.114. The van der Waals surface area contributed by atoms with E-state index in [1.165, 1.54) is 16.4 Å². The highest BCUT2D eigenvalue weighted by Gasteiger charge is 2.28. The Hall–Kier alpha value is -1.93. The van der Waals surface area contributed by atoms with Crippen LogP contribution in [0.2, 0.25) is 0 Å². The van der Waals surface area contributed by atoms with E-state index in [0.717, 1.165) is 19.3 Å².